The molecule has 0 heterocycles. The first-order valence-corrected chi connectivity index (χ1v) is 7.39. The number of hydrogen-bond donors (Lipinski definition) is 0. The van der Waals surface area contributed by atoms with Crippen LogP contribution in [0.4, 0.5) is 0 Å². The molecule has 0 aliphatic rings. The largest absolute Gasteiger partial charge is 0.480 e. The normalized spacial score (nSPS) is 12.7. The molecule has 0 amide bonds. The number of Topliss-reactive ketones (excluding diaryl/α,β-unsaturated/α-hetero) is 1. The molecule has 3 nitrogen and oxygen atoms in total. The SMILES string of the molecule is [C-]#[N+]CC(C)(C)Oc1ccc2cc([C@H](C)C(C)=O)ccc2c1. The number of benzene rings is 2. The lowest BCUT2D eigenvalue weighted by Crippen LogP contribution is -2.31. The minimum Gasteiger partial charge on any atom is -0.480 e. The van der Waals surface area contributed by atoms with Gasteiger partial charge in [0.2, 0.25) is 0 Å². The zero-order valence-corrected chi connectivity index (χ0v) is 13.5. The van der Waals surface area contributed by atoms with Gasteiger partial charge in [0, 0.05) is 5.92 Å². The maximum atomic E-state index is 11.5. The van der Waals surface area contributed by atoms with E-state index < -0.39 is 5.60 Å². The van der Waals surface area contributed by atoms with Crippen molar-refractivity contribution in [1.29, 1.82) is 0 Å². The van der Waals surface area contributed by atoms with Crippen LogP contribution >= 0.6 is 0 Å². The Hall–Kier alpha value is -2.34. The highest BCUT2D eigenvalue weighted by Gasteiger charge is 2.23. The Morgan fingerprint density at radius 3 is 2.50 bits per heavy atom. The fraction of sp³-hybridized carbons (Fsp3) is 0.368. The summed E-state index contributed by atoms with van der Waals surface area (Å²) < 4.78 is 5.90. The van der Waals surface area contributed by atoms with Gasteiger partial charge in [-0.2, -0.15) is 0 Å². The number of fused-ring (bicyclic) bond motifs is 1. The molecule has 0 saturated heterocycles. The van der Waals surface area contributed by atoms with Crippen molar-refractivity contribution in [3.05, 3.63) is 53.4 Å². The van der Waals surface area contributed by atoms with Crippen LogP contribution in [-0.2, 0) is 4.79 Å². The van der Waals surface area contributed by atoms with Crippen LogP contribution in [0, 0.1) is 6.57 Å². The van der Waals surface area contributed by atoms with E-state index in [-0.39, 0.29) is 11.7 Å². The highest BCUT2D eigenvalue weighted by atomic mass is 16.5. The summed E-state index contributed by atoms with van der Waals surface area (Å²) in [5, 5.41) is 2.15. The van der Waals surface area contributed by atoms with Gasteiger partial charge in [-0.1, -0.05) is 31.2 Å². The van der Waals surface area contributed by atoms with Crippen LogP contribution in [0.25, 0.3) is 15.6 Å². The highest BCUT2D eigenvalue weighted by molar-refractivity contribution is 5.88. The van der Waals surface area contributed by atoms with Crippen LogP contribution in [0.3, 0.4) is 0 Å². The molecule has 0 bridgehead atoms. The van der Waals surface area contributed by atoms with Gasteiger partial charge in [0.25, 0.3) is 6.54 Å². The van der Waals surface area contributed by atoms with Gasteiger partial charge in [0.15, 0.2) is 5.60 Å². The van der Waals surface area contributed by atoms with E-state index in [1.165, 1.54) is 0 Å². The van der Waals surface area contributed by atoms with Gasteiger partial charge in [-0.25, -0.2) is 6.57 Å². The summed E-state index contributed by atoms with van der Waals surface area (Å²) in [6, 6.07) is 11.9. The summed E-state index contributed by atoms with van der Waals surface area (Å²) in [5.74, 6) is 0.839. The van der Waals surface area contributed by atoms with Crippen molar-refractivity contribution in [3.8, 4) is 5.75 Å². The quantitative estimate of drug-likeness (QED) is 0.754. The first-order valence-electron chi connectivity index (χ1n) is 7.39. The Balaban J connectivity index is 2.31. The number of ketones is 1. The molecule has 3 heteroatoms. The van der Waals surface area contributed by atoms with Crippen LogP contribution in [0.15, 0.2) is 36.4 Å². The molecule has 0 fully saturated rings. The van der Waals surface area contributed by atoms with Gasteiger partial charge in [0.05, 0.1) is 0 Å². The third-order valence-corrected chi connectivity index (χ3v) is 3.80. The molecule has 0 aromatic heterocycles. The molecule has 114 valence electrons. The van der Waals surface area contributed by atoms with Crippen LogP contribution in [-0.4, -0.2) is 17.9 Å². The maximum absolute atomic E-state index is 11.5. The molecule has 0 unspecified atom stereocenters. The molecule has 0 aliphatic carbocycles. The molecule has 0 spiro atoms. The van der Waals surface area contributed by atoms with Crippen molar-refractivity contribution in [2.75, 3.05) is 6.54 Å². The summed E-state index contributed by atoms with van der Waals surface area (Å²) in [5.41, 5.74) is 0.528. The lowest BCUT2D eigenvalue weighted by molar-refractivity contribution is -0.118. The van der Waals surface area contributed by atoms with Gasteiger partial charge >= 0.3 is 0 Å². The fourth-order valence-electron chi connectivity index (χ4n) is 2.35. The van der Waals surface area contributed by atoms with Gasteiger partial charge in [-0.15, -0.1) is 0 Å². The third-order valence-electron chi connectivity index (χ3n) is 3.80. The molecule has 0 radical (unpaired) electrons. The van der Waals surface area contributed by atoms with E-state index in [1.54, 1.807) is 6.92 Å². The molecule has 0 N–H and O–H groups in total. The van der Waals surface area contributed by atoms with Crippen LogP contribution < -0.4 is 4.74 Å². The molecule has 22 heavy (non-hydrogen) atoms. The minimum atomic E-state index is -0.501. The number of carbonyl (C=O) groups excluding carboxylic acids is 1. The molecular formula is C19H21NO2. The Labute approximate surface area is 131 Å². The van der Waals surface area contributed by atoms with Gasteiger partial charge < -0.3 is 9.58 Å². The zero-order chi connectivity index (χ0) is 16.3. The van der Waals surface area contributed by atoms with Crippen LogP contribution in [0.1, 0.15) is 39.2 Å². The first kappa shape index (κ1) is 16.0. The van der Waals surface area contributed by atoms with Gasteiger partial charge in [0.1, 0.15) is 11.5 Å². The second-order valence-corrected chi connectivity index (χ2v) is 6.28. The third kappa shape index (κ3) is 3.65. The molecule has 2 rings (SSSR count). The summed E-state index contributed by atoms with van der Waals surface area (Å²) in [4.78, 5) is 14.9. The standard InChI is InChI=1S/C19H21NO2/c1-13(14(2)21)15-6-7-17-11-18(9-8-16(17)10-15)22-19(3,4)12-20-5/h6-11,13H,12H2,1-4H3/t13-/m1/s1. The predicted octanol–water partition coefficient (Wildman–Crippen LogP) is 4.61. The van der Waals surface area contributed by atoms with Gasteiger partial charge in [-0.3, -0.25) is 4.79 Å². The smallest absolute Gasteiger partial charge is 0.253 e. The van der Waals surface area contributed by atoms with Crippen molar-refractivity contribution in [3.63, 3.8) is 0 Å². The summed E-state index contributed by atoms with van der Waals surface area (Å²) in [6.07, 6.45) is 0. The molecule has 1 atom stereocenters. The van der Waals surface area contributed by atoms with Crippen molar-refractivity contribution in [2.45, 2.75) is 39.2 Å². The van der Waals surface area contributed by atoms with Crippen molar-refractivity contribution in [1.82, 2.24) is 0 Å². The van der Waals surface area contributed by atoms with Crippen LogP contribution in [0.5, 0.6) is 5.75 Å². The second kappa shape index (κ2) is 6.19. The van der Waals surface area contributed by atoms with E-state index in [9.17, 15) is 4.79 Å². The van der Waals surface area contributed by atoms with Crippen molar-refractivity contribution >= 4 is 16.6 Å². The maximum Gasteiger partial charge on any atom is 0.253 e. The fourth-order valence-corrected chi connectivity index (χ4v) is 2.35. The number of rotatable bonds is 5. The molecular weight excluding hydrogens is 274 g/mol. The average molecular weight is 295 g/mol. The number of nitrogens with zero attached hydrogens (tertiary/aromatic N) is 1. The van der Waals surface area contributed by atoms with Crippen molar-refractivity contribution in [2.24, 2.45) is 0 Å². The average Bonchev–Trinajstić information content (AvgIpc) is 2.45. The topological polar surface area (TPSA) is 30.7 Å². The van der Waals surface area contributed by atoms with E-state index in [0.29, 0.717) is 6.54 Å². The number of hydrogen-bond acceptors (Lipinski definition) is 2. The molecule has 0 saturated carbocycles. The van der Waals surface area contributed by atoms with Crippen molar-refractivity contribution < 1.29 is 9.53 Å². The number of ether oxygens (including phenoxy) is 1. The van der Waals surface area contributed by atoms with E-state index >= 15 is 0 Å². The molecule has 0 aliphatic heterocycles. The lowest BCUT2D eigenvalue weighted by atomic mass is 9.95. The zero-order valence-electron chi connectivity index (χ0n) is 13.5. The Bertz CT molecular complexity index is 741. The monoisotopic (exact) mass is 295 g/mol. The van der Waals surface area contributed by atoms with Crippen LogP contribution in [0.2, 0.25) is 0 Å². The second-order valence-electron chi connectivity index (χ2n) is 6.28. The molecule has 2 aromatic carbocycles. The number of carbonyl (C=O) groups is 1. The Morgan fingerprint density at radius 2 is 1.86 bits per heavy atom. The first-order chi connectivity index (χ1) is 10.3. The Morgan fingerprint density at radius 1 is 1.23 bits per heavy atom. The lowest BCUT2D eigenvalue weighted by Gasteiger charge is -2.21. The molecule has 2 aromatic rings. The van der Waals surface area contributed by atoms with E-state index in [0.717, 1.165) is 22.1 Å². The summed E-state index contributed by atoms with van der Waals surface area (Å²) in [6.45, 7) is 14.7. The van der Waals surface area contributed by atoms with Gasteiger partial charge in [-0.05, 0) is 49.2 Å². The predicted molar refractivity (Wildman–Crippen MR) is 89.2 cm³/mol. The van der Waals surface area contributed by atoms with E-state index in [2.05, 4.69) is 10.9 Å². The summed E-state index contributed by atoms with van der Waals surface area (Å²) >= 11 is 0. The minimum absolute atomic E-state index is 0.0853. The summed E-state index contributed by atoms with van der Waals surface area (Å²) in [7, 11) is 0. The van der Waals surface area contributed by atoms with E-state index in [1.807, 2.05) is 51.1 Å². The highest BCUT2D eigenvalue weighted by Crippen LogP contribution is 2.27. The Kier molecular flexibility index (Phi) is 4.51. The van der Waals surface area contributed by atoms with E-state index in [4.69, 9.17) is 11.3 Å².